The molecular weight excluding hydrogens is 584 g/mol. The molecule has 0 spiro atoms. The fourth-order valence-electron chi connectivity index (χ4n) is 4.72. The molecule has 1 saturated heterocycles. The summed E-state index contributed by atoms with van der Waals surface area (Å²) in [6, 6.07) is 10.7. The summed E-state index contributed by atoms with van der Waals surface area (Å²) in [5, 5.41) is 11.7. The fraction of sp³-hybridized carbons (Fsp3) is 0.394. The monoisotopic (exact) mass is 622 g/mol. The Morgan fingerprint density at radius 3 is 2.30 bits per heavy atom. The van der Waals surface area contributed by atoms with Crippen molar-refractivity contribution in [1.29, 1.82) is 0 Å². The third kappa shape index (κ3) is 6.88. The van der Waals surface area contributed by atoms with E-state index in [1.54, 1.807) is 56.3 Å². The maximum absolute atomic E-state index is 13.7. The molecule has 11 heteroatoms. The van der Waals surface area contributed by atoms with Crippen LogP contribution in [0.5, 0.6) is 17.2 Å². The molecule has 0 radical (unpaired) electrons. The van der Waals surface area contributed by atoms with Gasteiger partial charge in [-0.1, -0.05) is 44.1 Å². The number of ketones is 1. The molecule has 1 N–H and O–H groups in total. The molecule has 4 rings (SSSR count). The Morgan fingerprint density at radius 1 is 0.977 bits per heavy atom. The lowest BCUT2D eigenvalue weighted by Gasteiger charge is -2.24. The minimum Gasteiger partial charge on any atom is -0.507 e. The number of hydrogen-bond donors (Lipinski definition) is 1. The molecule has 2 heterocycles. The molecule has 1 atom stereocenters. The molecule has 0 aliphatic carbocycles. The van der Waals surface area contributed by atoms with Crippen LogP contribution < -0.4 is 19.1 Å². The first-order valence-corrected chi connectivity index (χ1v) is 15.6. The van der Waals surface area contributed by atoms with E-state index in [1.165, 1.54) is 12.0 Å². The van der Waals surface area contributed by atoms with Crippen LogP contribution in [0, 0.1) is 6.92 Å². The summed E-state index contributed by atoms with van der Waals surface area (Å²) in [7, 11) is 1.50. The number of anilines is 1. The second kappa shape index (κ2) is 14.9. The standard InChI is InChI=1S/C33H38N2O8S/c1-6-9-17-42-23-14-11-21(12-15-23)28(36)26-27(22-13-16-24(25(19-22)40-5)43-18-10-7-2)35(31(38)29(26)37)33-34-20(4)30(44-33)32(39)41-8-3/h11-16,19,27,36H,6-10,17-18H2,1-5H3/t27-/m0/s1. The van der Waals surface area contributed by atoms with E-state index >= 15 is 0 Å². The van der Waals surface area contributed by atoms with Gasteiger partial charge >= 0.3 is 11.9 Å². The van der Waals surface area contributed by atoms with Crippen molar-refractivity contribution in [3.63, 3.8) is 0 Å². The number of amides is 1. The van der Waals surface area contributed by atoms with E-state index in [0.29, 0.717) is 47.3 Å². The maximum Gasteiger partial charge on any atom is 0.350 e. The largest absolute Gasteiger partial charge is 0.507 e. The van der Waals surface area contributed by atoms with Crippen LogP contribution in [0.2, 0.25) is 0 Å². The molecule has 1 amide bonds. The Balaban J connectivity index is 1.84. The van der Waals surface area contributed by atoms with E-state index in [-0.39, 0.29) is 27.9 Å². The molecule has 1 aromatic heterocycles. The van der Waals surface area contributed by atoms with E-state index in [9.17, 15) is 19.5 Å². The van der Waals surface area contributed by atoms with Crippen molar-refractivity contribution in [3.8, 4) is 17.2 Å². The maximum atomic E-state index is 13.7. The molecule has 0 saturated carbocycles. The number of hydrogen-bond acceptors (Lipinski definition) is 10. The number of aliphatic hydroxyl groups is 1. The van der Waals surface area contributed by atoms with Gasteiger partial charge in [0.25, 0.3) is 5.78 Å². The Hall–Kier alpha value is -4.38. The number of rotatable bonds is 14. The molecule has 0 unspecified atom stereocenters. The van der Waals surface area contributed by atoms with Gasteiger partial charge in [-0.2, -0.15) is 0 Å². The highest BCUT2D eigenvalue weighted by atomic mass is 32.1. The lowest BCUT2D eigenvalue weighted by Crippen LogP contribution is -2.29. The van der Waals surface area contributed by atoms with Crippen molar-refractivity contribution in [2.45, 2.75) is 59.4 Å². The molecule has 44 heavy (non-hydrogen) atoms. The number of ether oxygens (including phenoxy) is 4. The van der Waals surface area contributed by atoms with Crippen LogP contribution in [0.25, 0.3) is 5.76 Å². The molecule has 1 aliphatic heterocycles. The van der Waals surface area contributed by atoms with E-state index in [0.717, 1.165) is 37.0 Å². The SMILES string of the molecule is CCCCOc1ccc(C(O)=C2C(=O)C(=O)N(c3nc(C)c(C(=O)OCC)s3)[C@H]2c2ccc(OCCCC)c(OC)c2)cc1. The highest BCUT2D eigenvalue weighted by Crippen LogP contribution is 2.45. The van der Waals surface area contributed by atoms with Gasteiger partial charge in [0.1, 0.15) is 16.4 Å². The van der Waals surface area contributed by atoms with Gasteiger partial charge in [0.15, 0.2) is 16.6 Å². The van der Waals surface area contributed by atoms with E-state index < -0.39 is 23.7 Å². The second-order valence-corrected chi connectivity index (χ2v) is 11.1. The second-order valence-electron chi connectivity index (χ2n) is 10.1. The Kier molecular flexibility index (Phi) is 11.0. The number of aliphatic hydroxyl groups excluding tert-OH is 1. The third-order valence-corrected chi connectivity index (χ3v) is 8.19. The minimum atomic E-state index is -1.07. The summed E-state index contributed by atoms with van der Waals surface area (Å²) in [6.07, 6.45) is 3.72. The van der Waals surface area contributed by atoms with Gasteiger partial charge in [0.05, 0.1) is 44.2 Å². The molecule has 3 aromatic rings. The van der Waals surface area contributed by atoms with Gasteiger partial charge in [0.2, 0.25) is 0 Å². The molecule has 0 bridgehead atoms. The van der Waals surface area contributed by atoms with Crippen LogP contribution in [-0.4, -0.2) is 54.7 Å². The number of nitrogens with zero attached hydrogens (tertiary/aromatic N) is 2. The summed E-state index contributed by atoms with van der Waals surface area (Å²) < 4.78 is 22.4. The van der Waals surface area contributed by atoms with Crippen LogP contribution in [-0.2, 0) is 14.3 Å². The average molecular weight is 623 g/mol. The van der Waals surface area contributed by atoms with E-state index in [2.05, 4.69) is 18.8 Å². The summed E-state index contributed by atoms with van der Waals surface area (Å²) >= 11 is 0.947. The number of Topliss-reactive ketones (excluding diaryl/α,β-unsaturated/α-hetero) is 1. The average Bonchev–Trinajstić information content (AvgIpc) is 3.53. The van der Waals surface area contributed by atoms with Crippen LogP contribution in [0.1, 0.15) is 79.0 Å². The first-order valence-electron chi connectivity index (χ1n) is 14.7. The number of thiazole rings is 1. The molecule has 1 aliphatic rings. The van der Waals surface area contributed by atoms with Gasteiger partial charge in [0, 0.05) is 5.56 Å². The lowest BCUT2D eigenvalue weighted by molar-refractivity contribution is -0.132. The predicted molar refractivity (Wildman–Crippen MR) is 168 cm³/mol. The molecule has 2 aromatic carbocycles. The lowest BCUT2D eigenvalue weighted by atomic mass is 9.95. The quantitative estimate of drug-likeness (QED) is 0.0694. The van der Waals surface area contributed by atoms with Crippen molar-refractivity contribution in [2.24, 2.45) is 0 Å². The van der Waals surface area contributed by atoms with Crippen LogP contribution in [0.4, 0.5) is 5.13 Å². The molecule has 1 fully saturated rings. The summed E-state index contributed by atoms with van der Waals surface area (Å²) in [5.74, 6) is -1.16. The Morgan fingerprint density at radius 2 is 1.66 bits per heavy atom. The Bertz CT molecular complexity index is 1530. The summed E-state index contributed by atoms with van der Waals surface area (Å²) in [4.78, 5) is 45.8. The number of methoxy groups -OCH3 is 1. The van der Waals surface area contributed by atoms with Crippen LogP contribution in [0.15, 0.2) is 48.0 Å². The number of carbonyl (C=O) groups excluding carboxylic acids is 3. The van der Waals surface area contributed by atoms with Gasteiger partial charge in [-0.25, -0.2) is 9.78 Å². The minimum absolute atomic E-state index is 0.123. The normalized spacial score (nSPS) is 15.8. The zero-order valence-corrected chi connectivity index (χ0v) is 26.5. The summed E-state index contributed by atoms with van der Waals surface area (Å²) in [6.45, 7) is 8.70. The van der Waals surface area contributed by atoms with Crippen LogP contribution >= 0.6 is 11.3 Å². The highest BCUT2D eigenvalue weighted by molar-refractivity contribution is 7.17. The van der Waals surface area contributed by atoms with Gasteiger partial charge in [-0.05, 0) is 68.7 Å². The van der Waals surface area contributed by atoms with Gasteiger partial charge < -0.3 is 24.1 Å². The van der Waals surface area contributed by atoms with Crippen molar-refractivity contribution in [3.05, 3.63) is 69.7 Å². The first kappa shape index (κ1) is 32.5. The van der Waals surface area contributed by atoms with Gasteiger partial charge in [-0.3, -0.25) is 14.5 Å². The Labute approximate surface area is 261 Å². The smallest absolute Gasteiger partial charge is 0.350 e. The van der Waals surface area contributed by atoms with Crippen LogP contribution in [0.3, 0.4) is 0 Å². The van der Waals surface area contributed by atoms with Gasteiger partial charge in [-0.15, -0.1) is 0 Å². The summed E-state index contributed by atoms with van der Waals surface area (Å²) in [5.41, 5.74) is 1.06. The third-order valence-electron chi connectivity index (χ3n) is 7.05. The zero-order valence-electron chi connectivity index (χ0n) is 25.7. The number of aryl methyl sites for hydroxylation is 1. The number of carbonyl (C=O) groups is 3. The van der Waals surface area contributed by atoms with Crippen molar-refractivity contribution in [2.75, 3.05) is 31.8 Å². The van der Waals surface area contributed by atoms with E-state index in [1.807, 2.05) is 0 Å². The first-order chi connectivity index (χ1) is 21.2. The zero-order chi connectivity index (χ0) is 31.8. The number of esters is 1. The topological polar surface area (TPSA) is 124 Å². The fourth-order valence-corrected chi connectivity index (χ4v) is 5.70. The number of unbranched alkanes of at least 4 members (excludes halogenated alkanes) is 2. The predicted octanol–water partition coefficient (Wildman–Crippen LogP) is 6.62. The number of aromatic nitrogens is 1. The molecule has 234 valence electrons. The highest BCUT2D eigenvalue weighted by Gasteiger charge is 2.48. The van der Waals surface area contributed by atoms with Crippen molar-refractivity contribution in [1.82, 2.24) is 4.98 Å². The van der Waals surface area contributed by atoms with Crippen molar-refractivity contribution < 1.29 is 38.4 Å². The van der Waals surface area contributed by atoms with E-state index in [4.69, 9.17) is 18.9 Å². The number of benzene rings is 2. The molecule has 10 nitrogen and oxygen atoms in total. The van der Waals surface area contributed by atoms with Crippen molar-refractivity contribution >= 4 is 39.9 Å². The molecular formula is C33H38N2O8S.